The lowest BCUT2D eigenvalue weighted by Gasteiger charge is -2.04. The van der Waals surface area contributed by atoms with Gasteiger partial charge in [-0.3, -0.25) is 4.79 Å². The summed E-state index contributed by atoms with van der Waals surface area (Å²) >= 11 is 5.02. The highest BCUT2D eigenvalue weighted by Crippen LogP contribution is 2.31. The molecule has 1 nitrogen and oxygen atoms in total. The van der Waals surface area contributed by atoms with Crippen molar-refractivity contribution < 1.29 is 4.79 Å². The first-order valence-corrected chi connectivity index (χ1v) is 6.38. The van der Waals surface area contributed by atoms with Crippen molar-refractivity contribution in [2.45, 2.75) is 9.79 Å². The van der Waals surface area contributed by atoms with Crippen LogP contribution in [0.4, 0.5) is 0 Å². The molecule has 0 saturated carbocycles. The van der Waals surface area contributed by atoms with Crippen molar-refractivity contribution >= 4 is 34.0 Å². The van der Waals surface area contributed by atoms with Gasteiger partial charge in [0.1, 0.15) is 0 Å². The SMILES string of the molecule is O=Cc1ccccc1Sc1cccc(Br)c1. The van der Waals surface area contributed by atoms with Gasteiger partial charge in [0, 0.05) is 19.8 Å². The molecule has 80 valence electrons. The molecule has 0 heterocycles. The van der Waals surface area contributed by atoms with Crippen molar-refractivity contribution in [3.63, 3.8) is 0 Å². The van der Waals surface area contributed by atoms with Gasteiger partial charge in [0.15, 0.2) is 6.29 Å². The van der Waals surface area contributed by atoms with Gasteiger partial charge in [0.25, 0.3) is 0 Å². The van der Waals surface area contributed by atoms with Crippen molar-refractivity contribution in [3.8, 4) is 0 Å². The molecule has 0 radical (unpaired) electrons. The maximum Gasteiger partial charge on any atom is 0.151 e. The molecule has 0 fully saturated rings. The Morgan fingerprint density at radius 2 is 1.88 bits per heavy atom. The third-order valence-corrected chi connectivity index (χ3v) is 3.64. The second-order valence-corrected chi connectivity index (χ2v) is 5.25. The second kappa shape index (κ2) is 5.32. The third-order valence-electron chi connectivity index (χ3n) is 2.07. The van der Waals surface area contributed by atoms with E-state index in [0.29, 0.717) is 0 Å². The minimum absolute atomic E-state index is 0.729. The van der Waals surface area contributed by atoms with Gasteiger partial charge in [0.2, 0.25) is 0 Å². The van der Waals surface area contributed by atoms with Crippen LogP contribution in [0.25, 0.3) is 0 Å². The molecule has 0 saturated heterocycles. The Balaban J connectivity index is 2.30. The standard InChI is InChI=1S/C13H9BrOS/c14-11-5-3-6-12(8-11)16-13-7-2-1-4-10(13)9-15/h1-9H. The number of carbonyl (C=O) groups is 1. The predicted octanol–water partition coefficient (Wildman–Crippen LogP) is 4.41. The average molecular weight is 293 g/mol. The lowest BCUT2D eigenvalue weighted by Crippen LogP contribution is -1.83. The molecule has 0 aromatic heterocycles. The monoisotopic (exact) mass is 292 g/mol. The quantitative estimate of drug-likeness (QED) is 0.780. The number of rotatable bonds is 3. The highest BCUT2D eigenvalue weighted by molar-refractivity contribution is 9.10. The van der Waals surface area contributed by atoms with E-state index in [9.17, 15) is 4.79 Å². The zero-order valence-corrected chi connectivity index (χ0v) is 10.8. The highest BCUT2D eigenvalue weighted by atomic mass is 79.9. The molecular weight excluding hydrogens is 284 g/mol. The van der Waals surface area contributed by atoms with Crippen LogP contribution in [0, 0.1) is 0 Å². The highest BCUT2D eigenvalue weighted by Gasteiger charge is 2.02. The maximum absolute atomic E-state index is 10.9. The van der Waals surface area contributed by atoms with Gasteiger partial charge in [-0.15, -0.1) is 0 Å². The molecule has 0 aliphatic heterocycles. The summed E-state index contributed by atoms with van der Waals surface area (Å²) in [6.07, 6.45) is 0.889. The van der Waals surface area contributed by atoms with E-state index in [2.05, 4.69) is 15.9 Å². The smallest absolute Gasteiger partial charge is 0.151 e. The number of hydrogen-bond donors (Lipinski definition) is 0. The van der Waals surface area contributed by atoms with Crippen LogP contribution in [-0.2, 0) is 0 Å². The number of halogens is 1. The van der Waals surface area contributed by atoms with Gasteiger partial charge < -0.3 is 0 Å². The predicted molar refractivity (Wildman–Crippen MR) is 70.1 cm³/mol. The number of hydrogen-bond acceptors (Lipinski definition) is 2. The minimum Gasteiger partial charge on any atom is -0.298 e. The summed E-state index contributed by atoms with van der Waals surface area (Å²) in [6.45, 7) is 0. The normalized spacial score (nSPS) is 10.1. The van der Waals surface area contributed by atoms with Crippen molar-refractivity contribution in [1.29, 1.82) is 0 Å². The van der Waals surface area contributed by atoms with Crippen LogP contribution in [-0.4, -0.2) is 6.29 Å². The van der Waals surface area contributed by atoms with E-state index in [1.165, 1.54) is 0 Å². The Hall–Kier alpha value is -1.06. The van der Waals surface area contributed by atoms with E-state index >= 15 is 0 Å². The van der Waals surface area contributed by atoms with Crippen LogP contribution in [0.5, 0.6) is 0 Å². The lowest BCUT2D eigenvalue weighted by molar-refractivity contribution is 0.112. The second-order valence-electron chi connectivity index (χ2n) is 3.22. The molecule has 0 atom stereocenters. The largest absolute Gasteiger partial charge is 0.298 e. The molecule has 3 heteroatoms. The number of benzene rings is 2. The van der Waals surface area contributed by atoms with Crippen molar-refractivity contribution in [2.24, 2.45) is 0 Å². The van der Waals surface area contributed by atoms with E-state index in [0.717, 1.165) is 26.1 Å². The van der Waals surface area contributed by atoms with Gasteiger partial charge >= 0.3 is 0 Å². The van der Waals surface area contributed by atoms with E-state index < -0.39 is 0 Å². The summed E-state index contributed by atoms with van der Waals surface area (Å²) in [5.74, 6) is 0. The fraction of sp³-hybridized carbons (Fsp3) is 0. The van der Waals surface area contributed by atoms with Crippen molar-refractivity contribution in [3.05, 3.63) is 58.6 Å². The van der Waals surface area contributed by atoms with Crippen molar-refractivity contribution in [1.82, 2.24) is 0 Å². The fourth-order valence-corrected chi connectivity index (χ4v) is 2.85. The van der Waals surface area contributed by atoms with E-state index in [1.807, 2.05) is 48.5 Å². The van der Waals surface area contributed by atoms with Crippen LogP contribution in [0.3, 0.4) is 0 Å². The molecule has 0 N–H and O–H groups in total. The zero-order valence-electron chi connectivity index (χ0n) is 8.39. The van der Waals surface area contributed by atoms with Gasteiger partial charge in [-0.1, -0.05) is 52.0 Å². The molecule has 2 aromatic carbocycles. The lowest BCUT2D eigenvalue weighted by atomic mass is 10.2. The Bertz CT molecular complexity index is 511. The minimum atomic E-state index is 0.729. The molecule has 0 aliphatic rings. The molecule has 0 bridgehead atoms. The van der Waals surface area contributed by atoms with E-state index in [4.69, 9.17) is 0 Å². The Morgan fingerprint density at radius 1 is 1.06 bits per heavy atom. The Kier molecular flexibility index (Phi) is 3.80. The molecule has 2 aromatic rings. The first-order valence-electron chi connectivity index (χ1n) is 4.77. The Labute approximate surface area is 107 Å². The molecule has 16 heavy (non-hydrogen) atoms. The fourth-order valence-electron chi connectivity index (χ4n) is 1.33. The maximum atomic E-state index is 10.9. The van der Waals surface area contributed by atoms with Crippen LogP contribution >= 0.6 is 27.7 Å². The third kappa shape index (κ3) is 2.74. The topological polar surface area (TPSA) is 17.1 Å². The van der Waals surface area contributed by atoms with E-state index in [1.54, 1.807) is 11.8 Å². The average Bonchev–Trinajstić information content (AvgIpc) is 2.30. The van der Waals surface area contributed by atoms with Crippen LogP contribution < -0.4 is 0 Å². The van der Waals surface area contributed by atoms with Crippen LogP contribution in [0.15, 0.2) is 62.8 Å². The summed E-state index contributed by atoms with van der Waals surface area (Å²) in [5.41, 5.74) is 0.729. The summed E-state index contributed by atoms with van der Waals surface area (Å²) in [6, 6.07) is 15.6. The number of aldehydes is 1. The molecule has 0 aliphatic carbocycles. The summed E-state index contributed by atoms with van der Waals surface area (Å²) < 4.78 is 1.04. The first kappa shape index (κ1) is 11.4. The first-order chi connectivity index (χ1) is 7.79. The molecule has 0 spiro atoms. The number of carbonyl (C=O) groups excluding carboxylic acids is 1. The van der Waals surface area contributed by atoms with Crippen molar-refractivity contribution in [2.75, 3.05) is 0 Å². The summed E-state index contributed by atoms with van der Waals surface area (Å²) in [4.78, 5) is 13.0. The van der Waals surface area contributed by atoms with Gasteiger partial charge in [0.05, 0.1) is 0 Å². The molecular formula is C13H9BrOS. The van der Waals surface area contributed by atoms with Crippen LogP contribution in [0.2, 0.25) is 0 Å². The molecule has 0 unspecified atom stereocenters. The zero-order chi connectivity index (χ0) is 11.4. The van der Waals surface area contributed by atoms with E-state index in [-0.39, 0.29) is 0 Å². The summed E-state index contributed by atoms with van der Waals surface area (Å²) in [5, 5.41) is 0. The summed E-state index contributed by atoms with van der Waals surface area (Å²) in [7, 11) is 0. The van der Waals surface area contributed by atoms with Gasteiger partial charge in [-0.2, -0.15) is 0 Å². The molecule has 2 rings (SSSR count). The van der Waals surface area contributed by atoms with Crippen LogP contribution in [0.1, 0.15) is 10.4 Å². The Morgan fingerprint density at radius 3 is 2.62 bits per heavy atom. The molecule has 0 amide bonds. The van der Waals surface area contributed by atoms with Gasteiger partial charge in [-0.05, 0) is 24.3 Å². The van der Waals surface area contributed by atoms with Gasteiger partial charge in [-0.25, -0.2) is 0 Å².